The Morgan fingerprint density at radius 1 is 1.11 bits per heavy atom. The molecule has 1 aromatic heterocycles. The van der Waals surface area contributed by atoms with Crippen LogP contribution in [-0.2, 0) is 6.42 Å². The number of aromatic nitrogens is 2. The molecule has 2 nitrogen and oxygen atoms in total. The van der Waals surface area contributed by atoms with Crippen molar-refractivity contribution >= 4 is 23.3 Å². The second kappa shape index (κ2) is 4.67. The molecule has 0 amide bonds. The monoisotopic (exact) mass is 268 g/mol. The Bertz CT molecular complexity index is 779. The van der Waals surface area contributed by atoms with Gasteiger partial charge in [-0.15, -0.1) is 0 Å². The number of hydrogen-bond donors (Lipinski definition) is 1. The van der Waals surface area contributed by atoms with E-state index in [1.165, 1.54) is 11.1 Å². The fourth-order valence-electron chi connectivity index (χ4n) is 2.46. The van der Waals surface area contributed by atoms with E-state index >= 15 is 0 Å². The molecule has 0 atom stereocenters. The first kappa shape index (κ1) is 12.2. The normalized spacial score (nSPS) is 11.1. The van der Waals surface area contributed by atoms with E-state index in [9.17, 15) is 0 Å². The lowest BCUT2D eigenvalue weighted by Gasteiger charge is -2.07. The van der Waals surface area contributed by atoms with Gasteiger partial charge in [-0.3, -0.25) is 4.57 Å². The molecule has 0 radical (unpaired) electrons. The van der Waals surface area contributed by atoms with Gasteiger partial charge in [0.2, 0.25) is 0 Å². The van der Waals surface area contributed by atoms with Crippen LogP contribution in [0.3, 0.4) is 0 Å². The summed E-state index contributed by atoms with van der Waals surface area (Å²) < 4.78 is 2.85. The van der Waals surface area contributed by atoms with Crippen LogP contribution in [0.5, 0.6) is 0 Å². The highest BCUT2D eigenvalue weighted by atomic mass is 32.1. The number of imidazole rings is 1. The Labute approximate surface area is 117 Å². The van der Waals surface area contributed by atoms with Crippen molar-refractivity contribution in [2.75, 3.05) is 0 Å². The number of nitrogens with one attached hydrogen (secondary N) is 1. The molecule has 3 aromatic rings. The molecule has 2 aromatic carbocycles. The van der Waals surface area contributed by atoms with E-state index in [0.717, 1.165) is 27.9 Å². The molecule has 0 aliphatic carbocycles. The Morgan fingerprint density at radius 2 is 1.84 bits per heavy atom. The van der Waals surface area contributed by atoms with Crippen LogP contribution >= 0.6 is 12.2 Å². The minimum absolute atomic E-state index is 0.744. The third-order valence-electron chi connectivity index (χ3n) is 3.51. The van der Waals surface area contributed by atoms with Crippen LogP contribution in [0.4, 0.5) is 0 Å². The van der Waals surface area contributed by atoms with Crippen molar-refractivity contribution in [2.24, 2.45) is 0 Å². The van der Waals surface area contributed by atoms with Gasteiger partial charge >= 0.3 is 0 Å². The Morgan fingerprint density at radius 3 is 2.53 bits per heavy atom. The van der Waals surface area contributed by atoms with Crippen molar-refractivity contribution in [1.82, 2.24) is 9.55 Å². The van der Waals surface area contributed by atoms with Gasteiger partial charge in [-0.25, -0.2) is 0 Å². The fraction of sp³-hybridized carbons (Fsp3) is 0.188. The summed E-state index contributed by atoms with van der Waals surface area (Å²) in [5, 5.41) is 0. The maximum atomic E-state index is 5.46. The van der Waals surface area contributed by atoms with Crippen LogP contribution in [0.1, 0.15) is 18.1 Å². The SMILES string of the molecule is CCc1ccc(-n2c(=S)[nH]c3cccc(C)c32)cc1. The Balaban J connectivity index is 2.29. The Kier molecular flexibility index (Phi) is 2.99. The lowest BCUT2D eigenvalue weighted by atomic mass is 10.1. The molecule has 96 valence electrons. The summed E-state index contributed by atoms with van der Waals surface area (Å²) in [7, 11) is 0. The third kappa shape index (κ3) is 2.00. The molecule has 0 spiro atoms. The summed E-state index contributed by atoms with van der Waals surface area (Å²) in [6, 6.07) is 14.8. The van der Waals surface area contributed by atoms with Crippen molar-refractivity contribution in [3.63, 3.8) is 0 Å². The lowest BCUT2D eigenvalue weighted by Crippen LogP contribution is -1.95. The number of H-pyrrole nitrogens is 1. The first-order valence-corrected chi connectivity index (χ1v) is 6.91. The highest BCUT2D eigenvalue weighted by Gasteiger charge is 2.08. The maximum Gasteiger partial charge on any atom is 0.182 e. The van der Waals surface area contributed by atoms with Crippen LogP contribution in [0.15, 0.2) is 42.5 Å². The fourth-order valence-corrected chi connectivity index (χ4v) is 2.76. The first-order valence-electron chi connectivity index (χ1n) is 6.50. The van der Waals surface area contributed by atoms with Crippen LogP contribution < -0.4 is 0 Å². The summed E-state index contributed by atoms with van der Waals surface area (Å²) in [6.07, 6.45) is 1.05. The zero-order valence-electron chi connectivity index (χ0n) is 11.1. The van der Waals surface area contributed by atoms with Crippen molar-refractivity contribution in [1.29, 1.82) is 0 Å². The third-order valence-corrected chi connectivity index (χ3v) is 3.79. The molecule has 3 rings (SSSR count). The standard InChI is InChI=1S/C16H16N2S/c1-3-12-7-9-13(10-8-12)18-15-11(2)5-4-6-14(15)17-16(18)19/h4-10H,3H2,1-2H3,(H,17,19). The first-order chi connectivity index (χ1) is 9.20. The largest absolute Gasteiger partial charge is 0.330 e. The second-order valence-corrected chi connectivity index (χ2v) is 5.14. The van der Waals surface area contributed by atoms with E-state index in [1.807, 2.05) is 6.07 Å². The molecule has 1 heterocycles. The summed E-state index contributed by atoms with van der Waals surface area (Å²) in [5.74, 6) is 0. The molecule has 1 N–H and O–H groups in total. The summed E-state index contributed by atoms with van der Waals surface area (Å²) in [4.78, 5) is 3.27. The van der Waals surface area contributed by atoms with Crippen molar-refractivity contribution in [3.05, 3.63) is 58.4 Å². The van der Waals surface area contributed by atoms with Crippen molar-refractivity contribution < 1.29 is 0 Å². The molecule has 0 aliphatic rings. The van der Waals surface area contributed by atoms with Gasteiger partial charge in [0.05, 0.1) is 11.0 Å². The molecule has 0 saturated heterocycles. The van der Waals surface area contributed by atoms with Gasteiger partial charge in [0.25, 0.3) is 0 Å². The van der Waals surface area contributed by atoms with E-state index in [0.29, 0.717) is 0 Å². The molecule has 3 heteroatoms. The number of hydrogen-bond acceptors (Lipinski definition) is 1. The van der Waals surface area contributed by atoms with Crippen LogP contribution in [-0.4, -0.2) is 9.55 Å². The number of nitrogens with zero attached hydrogens (tertiary/aromatic N) is 1. The van der Waals surface area contributed by atoms with Crippen LogP contribution in [0.2, 0.25) is 0 Å². The van der Waals surface area contributed by atoms with E-state index < -0.39 is 0 Å². The van der Waals surface area contributed by atoms with Crippen molar-refractivity contribution in [2.45, 2.75) is 20.3 Å². The summed E-state index contributed by atoms with van der Waals surface area (Å²) >= 11 is 5.46. The number of benzene rings is 2. The van der Waals surface area contributed by atoms with E-state index in [2.05, 4.69) is 59.8 Å². The maximum absolute atomic E-state index is 5.46. The highest BCUT2D eigenvalue weighted by molar-refractivity contribution is 7.71. The van der Waals surface area contributed by atoms with Crippen LogP contribution in [0.25, 0.3) is 16.7 Å². The van der Waals surface area contributed by atoms with Gasteiger partial charge in [0.1, 0.15) is 0 Å². The number of aromatic amines is 1. The van der Waals surface area contributed by atoms with Gasteiger partial charge in [0.15, 0.2) is 4.77 Å². The molecule has 19 heavy (non-hydrogen) atoms. The average molecular weight is 268 g/mol. The molecular weight excluding hydrogens is 252 g/mol. The molecule has 0 unspecified atom stereocenters. The van der Waals surface area contributed by atoms with E-state index in [4.69, 9.17) is 12.2 Å². The van der Waals surface area contributed by atoms with Gasteiger partial charge in [-0.2, -0.15) is 0 Å². The van der Waals surface area contributed by atoms with E-state index in [-0.39, 0.29) is 0 Å². The Hall–Kier alpha value is -1.87. The van der Waals surface area contributed by atoms with Crippen molar-refractivity contribution in [3.8, 4) is 5.69 Å². The van der Waals surface area contributed by atoms with E-state index in [1.54, 1.807) is 0 Å². The zero-order chi connectivity index (χ0) is 13.4. The van der Waals surface area contributed by atoms with Gasteiger partial charge in [-0.05, 0) is 54.9 Å². The molecular formula is C16H16N2S. The van der Waals surface area contributed by atoms with Gasteiger partial charge in [0, 0.05) is 5.69 Å². The summed E-state index contributed by atoms with van der Waals surface area (Å²) in [6.45, 7) is 4.28. The van der Waals surface area contributed by atoms with Crippen LogP contribution in [0, 0.1) is 11.7 Å². The van der Waals surface area contributed by atoms with Gasteiger partial charge < -0.3 is 4.98 Å². The minimum Gasteiger partial charge on any atom is -0.330 e. The molecule has 0 saturated carbocycles. The lowest BCUT2D eigenvalue weighted by molar-refractivity contribution is 1.05. The quantitative estimate of drug-likeness (QED) is 0.676. The predicted octanol–water partition coefficient (Wildman–Crippen LogP) is 4.56. The van der Waals surface area contributed by atoms with Gasteiger partial charge in [-0.1, -0.05) is 31.2 Å². The minimum atomic E-state index is 0.744. The smallest absolute Gasteiger partial charge is 0.182 e. The second-order valence-electron chi connectivity index (χ2n) is 4.76. The number of para-hydroxylation sites is 1. The molecule has 0 aliphatic heterocycles. The predicted molar refractivity (Wildman–Crippen MR) is 82.6 cm³/mol. The molecule has 0 bridgehead atoms. The number of rotatable bonds is 2. The topological polar surface area (TPSA) is 20.7 Å². The zero-order valence-corrected chi connectivity index (χ0v) is 11.9. The average Bonchev–Trinajstić information content (AvgIpc) is 2.76. The number of fused-ring (bicyclic) bond motifs is 1. The molecule has 0 fully saturated rings. The number of aryl methyl sites for hydroxylation is 2. The summed E-state index contributed by atoms with van der Waals surface area (Å²) in [5.41, 5.74) is 5.93. The highest BCUT2D eigenvalue weighted by Crippen LogP contribution is 2.22.